The Hall–Kier alpha value is -2.23. The Balaban J connectivity index is 2.16. The number of aryl methyl sites for hydroxylation is 1. The molecular weight excluding hydrogens is 291 g/mol. The highest BCUT2D eigenvalue weighted by Crippen LogP contribution is 2.16. The lowest BCUT2D eigenvalue weighted by atomic mass is 10.1. The molecule has 0 aliphatic rings. The normalized spacial score (nSPS) is 11.1. The number of nitriles is 1. The second-order valence-electron chi connectivity index (χ2n) is 4.54. The lowest BCUT2D eigenvalue weighted by molar-refractivity contribution is 0.579. The van der Waals surface area contributed by atoms with E-state index in [9.17, 15) is 12.8 Å². The van der Waals surface area contributed by atoms with Crippen molar-refractivity contribution in [3.05, 3.63) is 65.0 Å². The fourth-order valence-electron chi connectivity index (χ4n) is 1.87. The number of sulfonamides is 1. The van der Waals surface area contributed by atoms with Gasteiger partial charge in [0.25, 0.3) is 0 Å². The number of nitrogens with one attached hydrogen (secondary N) is 1. The molecule has 0 aliphatic heterocycles. The van der Waals surface area contributed by atoms with Crippen LogP contribution in [0.25, 0.3) is 0 Å². The summed E-state index contributed by atoms with van der Waals surface area (Å²) in [6.45, 7) is 1.64. The van der Waals surface area contributed by atoms with Crippen molar-refractivity contribution < 1.29 is 12.8 Å². The van der Waals surface area contributed by atoms with Crippen LogP contribution in [-0.2, 0) is 16.6 Å². The Morgan fingerprint density at radius 3 is 2.43 bits per heavy atom. The predicted octanol–water partition coefficient (Wildman–Crippen LogP) is 2.48. The lowest BCUT2D eigenvalue weighted by Gasteiger charge is -2.09. The van der Waals surface area contributed by atoms with Crippen LogP contribution in [0.2, 0.25) is 0 Å². The smallest absolute Gasteiger partial charge is 0.207 e. The van der Waals surface area contributed by atoms with Crippen molar-refractivity contribution in [2.24, 2.45) is 0 Å². The maximum Gasteiger partial charge on any atom is 0.241 e. The van der Waals surface area contributed by atoms with Gasteiger partial charge < -0.3 is 0 Å². The molecule has 0 fully saturated rings. The van der Waals surface area contributed by atoms with E-state index >= 15 is 0 Å². The first-order valence-corrected chi connectivity index (χ1v) is 7.65. The van der Waals surface area contributed by atoms with E-state index in [0.29, 0.717) is 11.1 Å². The average Bonchev–Trinajstić information content (AvgIpc) is 2.45. The molecule has 0 saturated heterocycles. The van der Waals surface area contributed by atoms with Crippen molar-refractivity contribution in [1.82, 2.24) is 4.72 Å². The van der Waals surface area contributed by atoms with Crippen LogP contribution < -0.4 is 4.72 Å². The summed E-state index contributed by atoms with van der Waals surface area (Å²) in [5.74, 6) is -0.474. The van der Waals surface area contributed by atoms with E-state index in [1.165, 1.54) is 12.1 Å². The van der Waals surface area contributed by atoms with Crippen molar-refractivity contribution in [3.63, 3.8) is 0 Å². The predicted molar refractivity (Wildman–Crippen MR) is 76.3 cm³/mol. The largest absolute Gasteiger partial charge is 0.241 e. The Morgan fingerprint density at radius 1 is 1.19 bits per heavy atom. The quantitative estimate of drug-likeness (QED) is 0.943. The van der Waals surface area contributed by atoms with Crippen LogP contribution in [0, 0.1) is 24.1 Å². The van der Waals surface area contributed by atoms with Crippen LogP contribution in [0.15, 0.2) is 47.4 Å². The molecule has 6 heteroatoms. The molecule has 0 heterocycles. The third-order valence-electron chi connectivity index (χ3n) is 2.98. The molecule has 0 aliphatic carbocycles. The molecule has 0 amide bonds. The molecule has 1 N–H and O–H groups in total. The summed E-state index contributed by atoms with van der Waals surface area (Å²) in [4.78, 5) is 0.0533. The zero-order chi connectivity index (χ0) is 15.5. The summed E-state index contributed by atoms with van der Waals surface area (Å²) in [6.07, 6.45) is 0. The summed E-state index contributed by atoms with van der Waals surface area (Å²) in [7, 11) is -3.70. The molecule has 2 rings (SSSR count). The van der Waals surface area contributed by atoms with Gasteiger partial charge in [-0.15, -0.1) is 0 Å². The van der Waals surface area contributed by atoms with Crippen molar-refractivity contribution in [3.8, 4) is 6.07 Å². The molecule has 108 valence electrons. The van der Waals surface area contributed by atoms with Gasteiger partial charge in [0.2, 0.25) is 10.0 Å². The van der Waals surface area contributed by atoms with Crippen molar-refractivity contribution >= 4 is 10.0 Å². The third-order valence-corrected chi connectivity index (χ3v) is 4.54. The fourth-order valence-corrected chi connectivity index (χ4v) is 3.11. The zero-order valence-electron chi connectivity index (χ0n) is 11.3. The van der Waals surface area contributed by atoms with Gasteiger partial charge in [0, 0.05) is 6.54 Å². The second kappa shape index (κ2) is 6.04. The standard InChI is InChI=1S/C15H13FN2O2S/c1-11-8-14(16)6-7-15(11)21(19,20)18-10-13-4-2-12(9-17)3-5-13/h2-8,18H,10H2,1H3. The monoisotopic (exact) mass is 304 g/mol. The second-order valence-corrected chi connectivity index (χ2v) is 6.28. The number of hydrogen-bond acceptors (Lipinski definition) is 3. The molecule has 2 aromatic carbocycles. The molecule has 21 heavy (non-hydrogen) atoms. The zero-order valence-corrected chi connectivity index (χ0v) is 12.1. The minimum atomic E-state index is -3.70. The van der Waals surface area contributed by atoms with Gasteiger partial charge in [0.15, 0.2) is 0 Å². The van der Waals surface area contributed by atoms with Crippen LogP contribution >= 0.6 is 0 Å². The van der Waals surface area contributed by atoms with Gasteiger partial charge in [0.05, 0.1) is 16.5 Å². The maximum absolute atomic E-state index is 13.0. The average molecular weight is 304 g/mol. The highest BCUT2D eigenvalue weighted by atomic mass is 32.2. The maximum atomic E-state index is 13.0. The first-order chi connectivity index (χ1) is 9.92. The van der Waals surface area contributed by atoms with E-state index in [-0.39, 0.29) is 11.4 Å². The Morgan fingerprint density at radius 2 is 1.86 bits per heavy atom. The highest BCUT2D eigenvalue weighted by molar-refractivity contribution is 7.89. The van der Waals surface area contributed by atoms with E-state index in [1.54, 1.807) is 31.2 Å². The first-order valence-electron chi connectivity index (χ1n) is 6.17. The van der Waals surface area contributed by atoms with Gasteiger partial charge in [-0.1, -0.05) is 12.1 Å². The van der Waals surface area contributed by atoms with Gasteiger partial charge in [-0.25, -0.2) is 17.5 Å². The van der Waals surface area contributed by atoms with Crippen LogP contribution in [0.3, 0.4) is 0 Å². The number of hydrogen-bond donors (Lipinski definition) is 1. The summed E-state index contributed by atoms with van der Waals surface area (Å²) >= 11 is 0. The summed E-state index contributed by atoms with van der Waals surface area (Å²) in [5, 5.41) is 8.70. The van der Waals surface area contributed by atoms with E-state index in [2.05, 4.69) is 4.72 Å². The van der Waals surface area contributed by atoms with Crippen LogP contribution in [0.5, 0.6) is 0 Å². The van der Waals surface area contributed by atoms with Crippen molar-refractivity contribution in [2.45, 2.75) is 18.4 Å². The molecule has 0 unspecified atom stereocenters. The van der Waals surface area contributed by atoms with Gasteiger partial charge >= 0.3 is 0 Å². The molecule has 0 spiro atoms. The molecule has 0 aromatic heterocycles. The summed E-state index contributed by atoms with van der Waals surface area (Å²) in [6, 6.07) is 12.1. The molecular formula is C15H13FN2O2S. The van der Waals surface area contributed by atoms with Crippen LogP contribution in [0.4, 0.5) is 4.39 Å². The molecule has 0 saturated carbocycles. The third kappa shape index (κ3) is 3.66. The van der Waals surface area contributed by atoms with E-state index < -0.39 is 15.8 Å². The lowest BCUT2D eigenvalue weighted by Crippen LogP contribution is -2.24. The Kier molecular flexibility index (Phi) is 4.36. The van der Waals surface area contributed by atoms with E-state index in [0.717, 1.165) is 11.6 Å². The minimum absolute atomic E-state index is 0.0533. The van der Waals surface area contributed by atoms with Gasteiger partial charge in [-0.2, -0.15) is 5.26 Å². The SMILES string of the molecule is Cc1cc(F)ccc1S(=O)(=O)NCc1ccc(C#N)cc1. The van der Waals surface area contributed by atoms with Gasteiger partial charge in [-0.3, -0.25) is 0 Å². The number of rotatable bonds is 4. The molecule has 2 aromatic rings. The fraction of sp³-hybridized carbons (Fsp3) is 0.133. The van der Waals surface area contributed by atoms with E-state index in [1.807, 2.05) is 6.07 Å². The topological polar surface area (TPSA) is 70.0 Å². The van der Waals surface area contributed by atoms with Crippen LogP contribution in [0.1, 0.15) is 16.7 Å². The highest BCUT2D eigenvalue weighted by Gasteiger charge is 2.16. The molecule has 4 nitrogen and oxygen atoms in total. The van der Waals surface area contributed by atoms with Gasteiger partial charge in [-0.05, 0) is 48.4 Å². The first kappa shape index (κ1) is 15.2. The summed E-state index contributed by atoms with van der Waals surface area (Å²) < 4.78 is 39.8. The number of halogens is 1. The number of nitrogens with zero attached hydrogens (tertiary/aromatic N) is 1. The molecule has 0 bridgehead atoms. The number of benzene rings is 2. The van der Waals surface area contributed by atoms with Crippen molar-refractivity contribution in [1.29, 1.82) is 5.26 Å². The Labute approximate surface area is 122 Å². The van der Waals surface area contributed by atoms with Crippen LogP contribution in [-0.4, -0.2) is 8.42 Å². The Bertz CT molecular complexity index is 793. The summed E-state index contributed by atoms with van der Waals surface area (Å²) in [5.41, 5.74) is 1.59. The molecule has 0 radical (unpaired) electrons. The van der Waals surface area contributed by atoms with Gasteiger partial charge in [0.1, 0.15) is 5.82 Å². The molecule has 0 atom stereocenters. The minimum Gasteiger partial charge on any atom is -0.207 e. The van der Waals surface area contributed by atoms with E-state index in [4.69, 9.17) is 5.26 Å². The van der Waals surface area contributed by atoms with Crippen molar-refractivity contribution in [2.75, 3.05) is 0 Å².